The Hall–Kier alpha value is -2.85. The first-order valence-electron chi connectivity index (χ1n) is 7.81. The minimum Gasteiger partial charge on any atom is -0.508 e. The summed E-state index contributed by atoms with van der Waals surface area (Å²) in [7, 11) is 0. The number of rotatable bonds is 4. The molecule has 124 valence electrons. The molecule has 0 radical (unpaired) electrons. The van der Waals surface area contributed by atoms with Crippen LogP contribution in [0.4, 0.5) is 5.82 Å². The SMILES string of the molecule is N#Cc1c(N2CCC[C@H]2CO)nc(Cc2cccc(O)c2)[nH]c1=O. The van der Waals surface area contributed by atoms with Crippen LogP contribution in [0.3, 0.4) is 0 Å². The molecule has 2 heterocycles. The fourth-order valence-corrected chi connectivity index (χ4v) is 3.06. The molecular formula is C17H18N4O3. The molecule has 0 spiro atoms. The fraction of sp³-hybridized carbons (Fsp3) is 0.353. The van der Waals surface area contributed by atoms with E-state index < -0.39 is 5.56 Å². The average Bonchev–Trinajstić information content (AvgIpc) is 3.03. The summed E-state index contributed by atoms with van der Waals surface area (Å²) >= 11 is 0. The zero-order valence-electron chi connectivity index (χ0n) is 13.1. The van der Waals surface area contributed by atoms with Crippen molar-refractivity contribution in [1.29, 1.82) is 5.26 Å². The Kier molecular flexibility index (Phi) is 4.49. The van der Waals surface area contributed by atoms with Crippen LogP contribution in [0.2, 0.25) is 0 Å². The molecule has 24 heavy (non-hydrogen) atoms. The second-order valence-electron chi connectivity index (χ2n) is 5.84. The van der Waals surface area contributed by atoms with Crippen molar-refractivity contribution in [2.24, 2.45) is 0 Å². The van der Waals surface area contributed by atoms with Gasteiger partial charge in [0, 0.05) is 13.0 Å². The summed E-state index contributed by atoms with van der Waals surface area (Å²) in [5.41, 5.74) is 0.283. The molecule has 3 N–H and O–H groups in total. The second kappa shape index (κ2) is 6.72. The van der Waals surface area contributed by atoms with Crippen molar-refractivity contribution in [1.82, 2.24) is 9.97 Å². The van der Waals surface area contributed by atoms with Crippen molar-refractivity contribution >= 4 is 5.82 Å². The first-order chi connectivity index (χ1) is 11.6. The number of nitriles is 1. The highest BCUT2D eigenvalue weighted by molar-refractivity contribution is 5.54. The van der Waals surface area contributed by atoms with E-state index in [1.807, 2.05) is 17.0 Å². The summed E-state index contributed by atoms with van der Waals surface area (Å²) in [5.74, 6) is 0.889. The molecule has 7 heteroatoms. The predicted octanol–water partition coefficient (Wildman–Crippen LogP) is 0.899. The number of aromatic nitrogens is 2. The van der Waals surface area contributed by atoms with Gasteiger partial charge in [0.2, 0.25) is 0 Å². The third-order valence-corrected chi connectivity index (χ3v) is 4.20. The maximum absolute atomic E-state index is 12.2. The summed E-state index contributed by atoms with van der Waals surface area (Å²) in [6.45, 7) is 0.614. The van der Waals surface area contributed by atoms with Gasteiger partial charge in [0.25, 0.3) is 5.56 Å². The van der Waals surface area contributed by atoms with Gasteiger partial charge in [-0.15, -0.1) is 0 Å². The Morgan fingerprint density at radius 3 is 3.00 bits per heavy atom. The van der Waals surface area contributed by atoms with Crippen LogP contribution in [0.25, 0.3) is 0 Å². The Morgan fingerprint density at radius 2 is 2.29 bits per heavy atom. The summed E-state index contributed by atoms with van der Waals surface area (Å²) in [5, 5.41) is 28.4. The molecule has 0 bridgehead atoms. The van der Waals surface area contributed by atoms with E-state index in [0.29, 0.717) is 24.6 Å². The van der Waals surface area contributed by atoms with Crippen molar-refractivity contribution in [2.45, 2.75) is 25.3 Å². The van der Waals surface area contributed by atoms with E-state index in [4.69, 9.17) is 0 Å². The highest BCUT2D eigenvalue weighted by atomic mass is 16.3. The molecule has 2 aromatic rings. The van der Waals surface area contributed by atoms with Crippen LogP contribution in [0, 0.1) is 11.3 Å². The van der Waals surface area contributed by atoms with Gasteiger partial charge >= 0.3 is 0 Å². The molecule has 7 nitrogen and oxygen atoms in total. The quantitative estimate of drug-likeness (QED) is 0.769. The van der Waals surface area contributed by atoms with Crippen molar-refractivity contribution in [3.05, 3.63) is 51.6 Å². The maximum Gasteiger partial charge on any atom is 0.271 e. The Balaban J connectivity index is 2.00. The number of H-pyrrole nitrogens is 1. The zero-order valence-corrected chi connectivity index (χ0v) is 13.1. The first-order valence-corrected chi connectivity index (χ1v) is 7.81. The van der Waals surface area contributed by atoms with Crippen molar-refractivity contribution < 1.29 is 10.2 Å². The normalized spacial score (nSPS) is 17.0. The lowest BCUT2D eigenvalue weighted by Gasteiger charge is -2.25. The van der Waals surface area contributed by atoms with Gasteiger partial charge < -0.3 is 20.1 Å². The van der Waals surface area contributed by atoms with E-state index in [0.717, 1.165) is 18.4 Å². The molecule has 1 fully saturated rings. The van der Waals surface area contributed by atoms with Crippen LogP contribution in [0.5, 0.6) is 5.75 Å². The molecule has 0 amide bonds. The molecule has 1 aliphatic rings. The predicted molar refractivity (Wildman–Crippen MR) is 87.9 cm³/mol. The molecule has 1 atom stereocenters. The zero-order chi connectivity index (χ0) is 17.1. The van der Waals surface area contributed by atoms with Crippen LogP contribution in [0.1, 0.15) is 29.8 Å². The maximum atomic E-state index is 12.2. The van der Waals surface area contributed by atoms with E-state index >= 15 is 0 Å². The lowest BCUT2D eigenvalue weighted by Crippen LogP contribution is -2.35. The molecule has 0 unspecified atom stereocenters. The molecule has 1 aromatic heterocycles. The van der Waals surface area contributed by atoms with E-state index in [9.17, 15) is 20.3 Å². The third kappa shape index (κ3) is 3.09. The van der Waals surface area contributed by atoms with E-state index in [2.05, 4.69) is 9.97 Å². The summed E-state index contributed by atoms with van der Waals surface area (Å²) in [4.78, 5) is 21.2. The van der Waals surface area contributed by atoms with Crippen LogP contribution >= 0.6 is 0 Å². The van der Waals surface area contributed by atoms with Gasteiger partial charge in [-0.3, -0.25) is 4.79 Å². The number of aliphatic hydroxyl groups excluding tert-OH is 1. The van der Waals surface area contributed by atoms with Crippen LogP contribution in [0.15, 0.2) is 29.1 Å². The van der Waals surface area contributed by atoms with Gasteiger partial charge in [0.05, 0.1) is 12.6 Å². The first kappa shape index (κ1) is 16.0. The van der Waals surface area contributed by atoms with Crippen molar-refractivity contribution in [2.75, 3.05) is 18.1 Å². The summed E-state index contributed by atoms with van der Waals surface area (Å²) < 4.78 is 0. The number of nitrogens with one attached hydrogen (secondary N) is 1. The molecule has 0 saturated carbocycles. The summed E-state index contributed by atoms with van der Waals surface area (Å²) in [6, 6.07) is 8.50. The Morgan fingerprint density at radius 1 is 1.46 bits per heavy atom. The lowest BCUT2D eigenvalue weighted by molar-refractivity contribution is 0.266. The third-order valence-electron chi connectivity index (χ3n) is 4.20. The number of anilines is 1. The van der Waals surface area contributed by atoms with Crippen molar-refractivity contribution in [3.63, 3.8) is 0 Å². The van der Waals surface area contributed by atoms with Gasteiger partial charge in [0.15, 0.2) is 11.4 Å². The highest BCUT2D eigenvalue weighted by Gasteiger charge is 2.28. The standard InChI is InChI=1S/C17H18N4O3/c18-9-14-16(21-6-2-4-12(21)10-22)19-15(20-17(14)24)8-11-3-1-5-13(23)7-11/h1,3,5,7,12,22-23H,2,4,6,8,10H2,(H,19,20,24)/t12-/m0/s1. The number of benzene rings is 1. The number of phenols is 1. The Labute approximate surface area is 138 Å². The van der Waals surface area contributed by atoms with Crippen LogP contribution < -0.4 is 10.5 Å². The molecule has 1 aliphatic heterocycles. The molecule has 1 aromatic carbocycles. The second-order valence-corrected chi connectivity index (χ2v) is 5.84. The minimum absolute atomic E-state index is 0.0324. The largest absolute Gasteiger partial charge is 0.508 e. The fourth-order valence-electron chi connectivity index (χ4n) is 3.06. The minimum atomic E-state index is -0.485. The van der Waals surface area contributed by atoms with Gasteiger partial charge in [-0.25, -0.2) is 4.98 Å². The molecule has 1 saturated heterocycles. The molecule has 3 rings (SSSR count). The topological polar surface area (TPSA) is 113 Å². The number of aromatic amines is 1. The molecule has 0 aliphatic carbocycles. The Bertz CT molecular complexity index is 840. The van der Waals surface area contributed by atoms with Gasteiger partial charge in [-0.05, 0) is 30.5 Å². The lowest BCUT2D eigenvalue weighted by atomic mass is 10.1. The van der Waals surface area contributed by atoms with Crippen LogP contribution in [-0.4, -0.2) is 39.4 Å². The van der Waals surface area contributed by atoms with E-state index in [1.165, 1.54) is 0 Å². The van der Waals surface area contributed by atoms with E-state index in [-0.39, 0.29) is 24.0 Å². The summed E-state index contributed by atoms with van der Waals surface area (Å²) in [6.07, 6.45) is 2.02. The monoisotopic (exact) mass is 326 g/mol. The van der Waals surface area contributed by atoms with E-state index in [1.54, 1.807) is 18.2 Å². The number of hydrogen-bond acceptors (Lipinski definition) is 6. The average molecular weight is 326 g/mol. The molecular weight excluding hydrogens is 308 g/mol. The van der Waals surface area contributed by atoms with Gasteiger partial charge in [-0.2, -0.15) is 5.26 Å². The van der Waals surface area contributed by atoms with Gasteiger partial charge in [-0.1, -0.05) is 12.1 Å². The van der Waals surface area contributed by atoms with Crippen molar-refractivity contribution in [3.8, 4) is 11.8 Å². The van der Waals surface area contributed by atoms with Gasteiger partial charge in [0.1, 0.15) is 17.6 Å². The highest BCUT2D eigenvalue weighted by Crippen LogP contribution is 2.25. The smallest absolute Gasteiger partial charge is 0.271 e. The number of nitrogens with zero attached hydrogens (tertiary/aromatic N) is 3. The van der Waals surface area contributed by atoms with Crippen LogP contribution in [-0.2, 0) is 6.42 Å². The number of hydrogen-bond donors (Lipinski definition) is 3. The number of phenolic OH excluding ortho intramolecular Hbond substituents is 1. The number of aromatic hydroxyl groups is 1. The number of aliphatic hydroxyl groups is 1.